The zero-order chi connectivity index (χ0) is 7.98. The first-order valence-corrected chi connectivity index (χ1v) is 3.09. The van der Waals surface area contributed by atoms with Crippen molar-refractivity contribution >= 4 is 0 Å². The van der Waals surface area contributed by atoms with Crippen LogP contribution in [0.3, 0.4) is 0 Å². The second-order valence-electron chi connectivity index (χ2n) is 1.93. The summed E-state index contributed by atoms with van der Waals surface area (Å²) < 4.78 is 23.5. The van der Waals surface area contributed by atoms with Gasteiger partial charge in [-0.2, -0.15) is 0 Å². The van der Waals surface area contributed by atoms with Gasteiger partial charge in [0, 0.05) is 0 Å². The number of hydrogen-bond donors (Lipinski definition) is 1. The van der Waals surface area contributed by atoms with Crippen molar-refractivity contribution in [2.24, 2.45) is 0 Å². The maximum atomic E-state index is 11.7. The Balaban J connectivity index is 3.36. The first kappa shape index (κ1) is 9.38. The zero-order valence-electron chi connectivity index (χ0n) is 6.12. The van der Waals surface area contributed by atoms with Crippen LogP contribution >= 0.6 is 0 Å². The molecule has 0 saturated carbocycles. The van der Waals surface area contributed by atoms with Crippen LogP contribution in [-0.2, 0) is 0 Å². The van der Waals surface area contributed by atoms with E-state index in [1.807, 2.05) is 0 Å². The van der Waals surface area contributed by atoms with Gasteiger partial charge in [-0.1, -0.05) is 5.92 Å². The highest BCUT2D eigenvalue weighted by molar-refractivity contribution is 4.97. The minimum atomic E-state index is -2.31. The zero-order valence-corrected chi connectivity index (χ0v) is 6.12. The van der Waals surface area contributed by atoms with Crippen LogP contribution in [0.15, 0.2) is 0 Å². The predicted octanol–water partition coefficient (Wildman–Crippen LogP) is 1.25. The van der Waals surface area contributed by atoms with Gasteiger partial charge < -0.3 is 0 Å². The highest BCUT2D eigenvalue weighted by Crippen LogP contribution is 1.97. The third-order valence-corrected chi connectivity index (χ3v) is 1.07. The van der Waals surface area contributed by atoms with E-state index in [4.69, 9.17) is 0 Å². The lowest BCUT2D eigenvalue weighted by Gasteiger charge is -2.08. The Bertz CT molecular complexity index is 134. The van der Waals surface area contributed by atoms with Crippen LogP contribution in [0.5, 0.6) is 0 Å². The molecule has 0 aromatic heterocycles. The molecule has 0 aromatic carbocycles. The van der Waals surface area contributed by atoms with Crippen LogP contribution in [-0.4, -0.2) is 19.0 Å². The van der Waals surface area contributed by atoms with Crippen LogP contribution in [0.2, 0.25) is 0 Å². The molecule has 0 aliphatic rings. The van der Waals surface area contributed by atoms with Crippen LogP contribution < -0.4 is 5.32 Å². The maximum Gasteiger partial charge on any atom is 0.253 e. The predicted molar refractivity (Wildman–Crippen MR) is 36.9 cm³/mol. The summed E-state index contributed by atoms with van der Waals surface area (Å²) in [6.07, 6.45) is -2.31. The quantitative estimate of drug-likeness (QED) is 0.592. The molecule has 58 valence electrons. The third kappa shape index (κ3) is 4.28. The summed E-state index contributed by atoms with van der Waals surface area (Å²) in [4.78, 5) is 0. The molecule has 1 N–H and O–H groups in total. The van der Waals surface area contributed by atoms with Crippen molar-refractivity contribution in [2.45, 2.75) is 26.3 Å². The van der Waals surface area contributed by atoms with Crippen LogP contribution in [0.1, 0.15) is 13.8 Å². The summed E-state index contributed by atoms with van der Waals surface area (Å²) in [6, 6.07) is -0.763. The van der Waals surface area contributed by atoms with Crippen molar-refractivity contribution < 1.29 is 8.78 Å². The van der Waals surface area contributed by atoms with Crippen LogP contribution in [0.4, 0.5) is 8.78 Å². The number of alkyl halides is 2. The van der Waals surface area contributed by atoms with E-state index in [9.17, 15) is 8.78 Å². The van der Waals surface area contributed by atoms with Gasteiger partial charge >= 0.3 is 0 Å². The summed E-state index contributed by atoms with van der Waals surface area (Å²) in [5.74, 6) is 5.24. The van der Waals surface area contributed by atoms with Gasteiger partial charge in [-0.05, 0) is 13.8 Å². The fourth-order valence-corrected chi connectivity index (χ4v) is 0.389. The van der Waals surface area contributed by atoms with Crippen LogP contribution in [0, 0.1) is 11.8 Å². The van der Waals surface area contributed by atoms with Gasteiger partial charge in [-0.15, -0.1) is 5.92 Å². The van der Waals surface area contributed by atoms with Crippen molar-refractivity contribution in [3.63, 3.8) is 0 Å². The van der Waals surface area contributed by atoms with E-state index in [1.54, 1.807) is 6.92 Å². The molecular weight excluding hydrogens is 136 g/mol. The molecule has 1 nitrogen and oxygen atoms in total. The fraction of sp³-hybridized carbons (Fsp3) is 0.714. The first-order valence-electron chi connectivity index (χ1n) is 3.09. The van der Waals surface area contributed by atoms with Crippen molar-refractivity contribution in [3.8, 4) is 11.8 Å². The first-order chi connectivity index (χ1) is 4.68. The summed E-state index contributed by atoms with van der Waals surface area (Å²) in [7, 11) is 0. The summed E-state index contributed by atoms with van der Waals surface area (Å²) in [6.45, 7) is 3.44. The van der Waals surface area contributed by atoms with Crippen molar-refractivity contribution in [3.05, 3.63) is 0 Å². The Hall–Kier alpha value is -0.620. The molecule has 0 rings (SSSR count). The summed E-state index contributed by atoms with van der Waals surface area (Å²) >= 11 is 0. The molecule has 0 aromatic rings. The summed E-state index contributed by atoms with van der Waals surface area (Å²) in [5.41, 5.74) is 0. The Labute approximate surface area is 59.8 Å². The lowest BCUT2D eigenvalue weighted by atomic mass is 10.3. The van der Waals surface area contributed by atoms with Gasteiger partial charge in [0.2, 0.25) is 0 Å². The number of hydrogen-bond acceptors (Lipinski definition) is 1. The SMILES string of the molecule is CC#CCNC(C)C(F)F. The molecule has 10 heavy (non-hydrogen) atoms. The number of rotatable bonds is 3. The highest BCUT2D eigenvalue weighted by atomic mass is 19.3. The van der Waals surface area contributed by atoms with Crippen molar-refractivity contribution in [1.82, 2.24) is 5.32 Å². The largest absolute Gasteiger partial charge is 0.298 e. The molecule has 1 atom stereocenters. The van der Waals surface area contributed by atoms with E-state index in [1.165, 1.54) is 6.92 Å². The molecule has 0 radical (unpaired) electrons. The van der Waals surface area contributed by atoms with Gasteiger partial charge in [-0.3, -0.25) is 5.32 Å². The number of halogens is 2. The van der Waals surface area contributed by atoms with E-state index in [0.29, 0.717) is 6.54 Å². The van der Waals surface area contributed by atoms with Crippen molar-refractivity contribution in [1.29, 1.82) is 0 Å². The molecule has 1 unspecified atom stereocenters. The van der Waals surface area contributed by atoms with Gasteiger partial charge in [0.05, 0.1) is 12.6 Å². The molecule has 3 heteroatoms. The monoisotopic (exact) mass is 147 g/mol. The van der Waals surface area contributed by atoms with E-state index >= 15 is 0 Å². The Morgan fingerprint density at radius 1 is 1.50 bits per heavy atom. The lowest BCUT2D eigenvalue weighted by molar-refractivity contribution is 0.108. The van der Waals surface area contributed by atoms with E-state index < -0.39 is 12.5 Å². The van der Waals surface area contributed by atoms with E-state index in [-0.39, 0.29) is 0 Å². The molecule has 0 aliphatic heterocycles. The topological polar surface area (TPSA) is 12.0 Å². The average molecular weight is 147 g/mol. The lowest BCUT2D eigenvalue weighted by Crippen LogP contribution is -2.32. The van der Waals surface area contributed by atoms with Gasteiger partial charge in [0.1, 0.15) is 0 Å². The normalized spacial score (nSPS) is 12.5. The molecule has 0 bridgehead atoms. The van der Waals surface area contributed by atoms with Gasteiger partial charge in [0.15, 0.2) is 0 Å². The van der Waals surface area contributed by atoms with Gasteiger partial charge in [-0.25, -0.2) is 8.78 Å². The fourth-order valence-electron chi connectivity index (χ4n) is 0.389. The molecule has 0 saturated heterocycles. The van der Waals surface area contributed by atoms with Crippen LogP contribution in [0.25, 0.3) is 0 Å². The average Bonchev–Trinajstić information content (AvgIpc) is 1.88. The highest BCUT2D eigenvalue weighted by Gasteiger charge is 2.11. The molecule has 0 spiro atoms. The minimum absolute atomic E-state index is 0.335. The summed E-state index contributed by atoms with van der Waals surface area (Å²) in [5, 5.41) is 2.56. The second-order valence-corrected chi connectivity index (χ2v) is 1.93. The van der Waals surface area contributed by atoms with E-state index in [0.717, 1.165) is 0 Å². The van der Waals surface area contributed by atoms with E-state index in [2.05, 4.69) is 17.2 Å². The molecule has 0 heterocycles. The molecule has 0 amide bonds. The van der Waals surface area contributed by atoms with Gasteiger partial charge in [0.25, 0.3) is 6.43 Å². The smallest absolute Gasteiger partial charge is 0.253 e. The number of nitrogens with one attached hydrogen (secondary N) is 1. The van der Waals surface area contributed by atoms with Crippen molar-refractivity contribution in [2.75, 3.05) is 6.54 Å². The standard InChI is InChI=1S/C7H11F2N/c1-3-4-5-10-6(2)7(8)9/h6-7,10H,5H2,1-2H3. The second kappa shape index (κ2) is 5.19. The maximum absolute atomic E-state index is 11.7. The third-order valence-electron chi connectivity index (χ3n) is 1.07. The Kier molecular flexibility index (Phi) is 4.87. The molecule has 0 aliphatic carbocycles. The molecular formula is C7H11F2N. The molecule has 0 fully saturated rings. The Morgan fingerprint density at radius 3 is 2.50 bits per heavy atom. The Morgan fingerprint density at radius 2 is 2.10 bits per heavy atom. The minimum Gasteiger partial charge on any atom is -0.298 e.